The second kappa shape index (κ2) is 6.79. The van der Waals surface area contributed by atoms with E-state index in [1.807, 2.05) is 6.07 Å². The molecule has 2 bridgehead atoms. The molecule has 7 rings (SSSR count). The number of halogens is 1. The molecule has 1 heterocycles. The number of carbonyl (C=O) groups excluding carboxylic acids is 3. The average molecular weight is 433 g/mol. The number of rotatable bonds is 4. The van der Waals surface area contributed by atoms with E-state index in [-0.39, 0.29) is 48.1 Å². The third-order valence-electron chi connectivity index (χ3n) is 7.45. The van der Waals surface area contributed by atoms with E-state index in [2.05, 4.69) is 12.2 Å². The number of benzene rings is 2. The molecule has 3 fully saturated rings. The highest BCUT2D eigenvalue weighted by Crippen LogP contribution is 2.65. The van der Waals surface area contributed by atoms with Crippen molar-refractivity contribution in [2.24, 2.45) is 35.5 Å². The molecule has 3 amide bonds. The molecule has 2 aromatic rings. The molecule has 156 valence electrons. The zero-order valence-corrected chi connectivity index (χ0v) is 17.5. The smallest absolute Gasteiger partial charge is 0.259 e. The van der Waals surface area contributed by atoms with Crippen molar-refractivity contribution in [2.45, 2.75) is 6.42 Å². The van der Waals surface area contributed by atoms with Crippen LogP contribution in [-0.4, -0.2) is 29.3 Å². The monoisotopic (exact) mass is 432 g/mol. The summed E-state index contributed by atoms with van der Waals surface area (Å²) in [5.74, 6) is 0.206. The number of hydrogen-bond acceptors (Lipinski definition) is 3. The summed E-state index contributed by atoms with van der Waals surface area (Å²) < 4.78 is 0. The van der Waals surface area contributed by atoms with Crippen molar-refractivity contribution in [3.8, 4) is 0 Å². The zero-order chi connectivity index (χ0) is 21.3. The minimum Gasteiger partial charge on any atom is -0.288 e. The van der Waals surface area contributed by atoms with Crippen molar-refractivity contribution >= 4 is 35.0 Å². The lowest BCUT2D eigenvalue weighted by Gasteiger charge is -2.37. The SMILES string of the molecule is O=C1C2C3C=CC(C4CC34)C2C(=O)N1CN(C(=O)c1ccccc1)c1ccccc1Cl. The van der Waals surface area contributed by atoms with Crippen LogP contribution in [0, 0.1) is 35.5 Å². The zero-order valence-electron chi connectivity index (χ0n) is 16.7. The van der Waals surface area contributed by atoms with Gasteiger partial charge in [0.05, 0.1) is 22.5 Å². The second-order valence-corrected chi connectivity index (χ2v) is 9.36. The topological polar surface area (TPSA) is 57.7 Å². The van der Waals surface area contributed by atoms with Crippen molar-refractivity contribution < 1.29 is 14.4 Å². The van der Waals surface area contributed by atoms with Gasteiger partial charge < -0.3 is 0 Å². The molecule has 2 saturated carbocycles. The quantitative estimate of drug-likeness (QED) is 0.542. The number of imide groups is 1. The van der Waals surface area contributed by atoms with Gasteiger partial charge in [0.25, 0.3) is 5.91 Å². The van der Waals surface area contributed by atoms with Gasteiger partial charge in [-0.2, -0.15) is 0 Å². The van der Waals surface area contributed by atoms with E-state index in [0.717, 1.165) is 6.42 Å². The lowest BCUT2D eigenvalue weighted by molar-refractivity contribution is -0.140. The van der Waals surface area contributed by atoms with Gasteiger partial charge in [-0.15, -0.1) is 0 Å². The van der Waals surface area contributed by atoms with Gasteiger partial charge in [-0.05, 0) is 54.4 Å². The molecule has 1 aliphatic heterocycles. The van der Waals surface area contributed by atoms with Crippen LogP contribution in [0.3, 0.4) is 0 Å². The number of hydrogen-bond donors (Lipinski definition) is 0. The number of carbonyl (C=O) groups is 3. The fourth-order valence-corrected chi connectivity index (χ4v) is 6.19. The first kappa shape index (κ1) is 18.8. The Hall–Kier alpha value is -2.92. The summed E-state index contributed by atoms with van der Waals surface area (Å²) in [6.45, 7) is -0.128. The average Bonchev–Trinajstić information content (AvgIpc) is 3.58. The number of nitrogens with zero attached hydrogens (tertiary/aromatic N) is 2. The lowest BCUT2D eigenvalue weighted by Crippen LogP contribution is -2.45. The second-order valence-electron chi connectivity index (χ2n) is 8.95. The Bertz CT molecular complexity index is 1090. The van der Waals surface area contributed by atoms with E-state index in [0.29, 0.717) is 28.1 Å². The number of likely N-dealkylation sites (tertiary alicyclic amines) is 1. The molecule has 6 unspecified atom stereocenters. The van der Waals surface area contributed by atoms with E-state index in [4.69, 9.17) is 11.6 Å². The highest BCUT2D eigenvalue weighted by molar-refractivity contribution is 6.34. The normalized spacial score (nSPS) is 32.1. The summed E-state index contributed by atoms with van der Waals surface area (Å²) >= 11 is 6.42. The summed E-state index contributed by atoms with van der Waals surface area (Å²) in [5, 5.41) is 0.395. The highest BCUT2D eigenvalue weighted by Gasteiger charge is 2.67. The summed E-state index contributed by atoms with van der Waals surface area (Å²) in [7, 11) is 0. The maximum absolute atomic E-state index is 13.4. The first-order valence-electron chi connectivity index (χ1n) is 10.7. The third kappa shape index (κ3) is 2.72. The van der Waals surface area contributed by atoms with Crippen molar-refractivity contribution in [3.05, 3.63) is 77.3 Å². The predicted molar refractivity (Wildman–Crippen MR) is 116 cm³/mol. The Morgan fingerprint density at radius 1 is 0.903 bits per heavy atom. The Morgan fingerprint density at radius 3 is 2.10 bits per heavy atom. The van der Waals surface area contributed by atoms with Crippen molar-refractivity contribution in [3.63, 3.8) is 0 Å². The van der Waals surface area contributed by atoms with Crippen LogP contribution in [0.4, 0.5) is 5.69 Å². The fourth-order valence-electron chi connectivity index (χ4n) is 5.96. The molecular weight excluding hydrogens is 412 g/mol. The molecule has 6 heteroatoms. The fraction of sp³-hybridized carbons (Fsp3) is 0.320. The molecule has 2 aromatic carbocycles. The molecule has 5 nitrogen and oxygen atoms in total. The third-order valence-corrected chi connectivity index (χ3v) is 7.77. The summed E-state index contributed by atoms with van der Waals surface area (Å²) in [6.07, 6.45) is 5.42. The predicted octanol–water partition coefficient (Wildman–Crippen LogP) is 4.00. The van der Waals surface area contributed by atoms with Crippen LogP contribution in [-0.2, 0) is 9.59 Å². The summed E-state index contributed by atoms with van der Waals surface area (Å²) in [5.41, 5.74) is 0.958. The largest absolute Gasteiger partial charge is 0.288 e. The Balaban J connectivity index is 1.36. The van der Waals surface area contributed by atoms with Crippen LogP contribution >= 0.6 is 11.6 Å². The van der Waals surface area contributed by atoms with Crippen molar-refractivity contribution in [1.82, 2.24) is 4.90 Å². The number of anilines is 1. The van der Waals surface area contributed by atoms with E-state index < -0.39 is 0 Å². The molecule has 6 atom stereocenters. The van der Waals surface area contributed by atoms with Gasteiger partial charge in [0.15, 0.2) is 0 Å². The first-order chi connectivity index (χ1) is 15.1. The van der Waals surface area contributed by atoms with Gasteiger partial charge in [0.2, 0.25) is 11.8 Å². The molecule has 0 spiro atoms. The van der Waals surface area contributed by atoms with E-state index >= 15 is 0 Å². The van der Waals surface area contributed by atoms with Gasteiger partial charge in [0.1, 0.15) is 6.67 Å². The Labute approximate surface area is 185 Å². The minimum atomic E-state index is -0.298. The van der Waals surface area contributed by atoms with Gasteiger partial charge >= 0.3 is 0 Å². The minimum absolute atomic E-state index is 0.128. The van der Waals surface area contributed by atoms with Crippen LogP contribution in [0.25, 0.3) is 0 Å². The lowest BCUT2D eigenvalue weighted by atomic mass is 9.63. The maximum atomic E-state index is 13.4. The van der Waals surface area contributed by atoms with Crippen molar-refractivity contribution in [2.75, 3.05) is 11.6 Å². The van der Waals surface area contributed by atoms with Crippen LogP contribution < -0.4 is 4.90 Å². The van der Waals surface area contributed by atoms with Crippen LogP contribution in [0.5, 0.6) is 0 Å². The van der Waals surface area contributed by atoms with Gasteiger partial charge in [-0.1, -0.05) is 54.1 Å². The summed E-state index contributed by atoms with van der Waals surface area (Å²) in [4.78, 5) is 43.0. The molecule has 31 heavy (non-hydrogen) atoms. The van der Waals surface area contributed by atoms with E-state index in [1.54, 1.807) is 48.5 Å². The van der Waals surface area contributed by atoms with Gasteiger partial charge in [-0.25, -0.2) is 0 Å². The molecule has 0 aromatic heterocycles. The van der Waals surface area contributed by atoms with E-state index in [1.165, 1.54) is 9.80 Å². The van der Waals surface area contributed by atoms with Crippen LogP contribution in [0.15, 0.2) is 66.7 Å². The standard InChI is InChI=1S/C25H21ClN2O3/c26-19-8-4-5-9-20(19)27(23(29)14-6-2-1-3-7-14)13-28-24(30)21-15-10-11-16(18-12-17(15)18)22(21)25(28)31/h1-11,15-18,21-22H,12-13H2. The van der Waals surface area contributed by atoms with Gasteiger partial charge in [0, 0.05) is 5.56 Å². The number of allylic oxidation sites excluding steroid dienone is 2. The maximum Gasteiger partial charge on any atom is 0.259 e. The molecule has 5 aliphatic rings. The molecule has 0 radical (unpaired) electrons. The number of para-hydroxylation sites is 1. The molecule has 0 N–H and O–H groups in total. The molecule has 4 aliphatic carbocycles. The molecule has 1 saturated heterocycles. The first-order valence-corrected chi connectivity index (χ1v) is 11.1. The highest BCUT2D eigenvalue weighted by atomic mass is 35.5. The Kier molecular flexibility index (Phi) is 4.12. The summed E-state index contributed by atoms with van der Waals surface area (Å²) in [6, 6.07) is 15.9. The number of amides is 3. The van der Waals surface area contributed by atoms with Crippen LogP contribution in [0.1, 0.15) is 16.8 Å². The molecular formula is C25H21ClN2O3. The van der Waals surface area contributed by atoms with Gasteiger partial charge in [-0.3, -0.25) is 24.2 Å². The van der Waals surface area contributed by atoms with Crippen LogP contribution in [0.2, 0.25) is 5.02 Å². The van der Waals surface area contributed by atoms with E-state index in [9.17, 15) is 14.4 Å². The van der Waals surface area contributed by atoms with Crippen molar-refractivity contribution in [1.29, 1.82) is 0 Å². The Morgan fingerprint density at radius 2 is 1.48 bits per heavy atom.